The Hall–Kier alpha value is -6.14. The lowest BCUT2D eigenvalue weighted by molar-refractivity contribution is 0.619. The Morgan fingerprint density at radius 3 is 2.11 bits per heavy atom. The summed E-state index contributed by atoms with van der Waals surface area (Å²) in [6, 6.07) is 41.9. The number of oxazole rings is 1. The van der Waals surface area contributed by atoms with E-state index in [1.807, 2.05) is 73.2 Å². The highest BCUT2D eigenvalue weighted by Gasteiger charge is 2.17. The van der Waals surface area contributed by atoms with Gasteiger partial charge in [-0.3, -0.25) is 4.98 Å². The molecular formula is C38H25N5O. The molecule has 0 radical (unpaired) electrons. The van der Waals surface area contributed by atoms with Gasteiger partial charge in [-0.05, 0) is 91.0 Å². The van der Waals surface area contributed by atoms with E-state index in [9.17, 15) is 0 Å². The van der Waals surface area contributed by atoms with Gasteiger partial charge in [0.25, 0.3) is 0 Å². The molecule has 0 spiro atoms. The molecule has 0 aliphatic carbocycles. The normalized spacial score (nSPS) is 11.6. The third kappa shape index (κ3) is 3.96. The predicted octanol–water partition coefficient (Wildman–Crippen LogP) is 9.24. The van der Waals surface area contributed by atoms with Crippen molar-refractivity contribution in [3.05, 3.63) is 152 Å². The predicted molar refractivity (Wildman–Crippen MR) is 176 cm³/mol. The molecule has 0 fully saturated rings. The van der Waals surface area contributed by atoms with Crippen LogP contribution in [-0.4, -0.2) is 23.7 Å². The first-order chi connectivity index (χ1) is 21.8. The van der Waals surface area contributed by atoms with Crippen molar-refractivity contribution < 1.29 is 4.42 Å². The van der Waals surface area contributed by atoms with Crippen molar-refractivity contribution in [1.82, 2.24) is 23.7 Å². The van der Waals surface area contributed by atoms with Crippen molar-refractivity contribution in [3.8, 4) is 39.8 Å². The Morgan fingerprint density at radius 2 is 1.32 bits per heavy atom. The van der Waals surface area contributed by atoms with Crippen LogP contribution in [0.3, 0.4) is 0 Å². The average molecular weight is 568 g/mol. The number of hydrogen-bond donors (Lipinski definition) is 0. The number of rotatable bonds is 5. The summed E-state index contributed by atoms with van der Waals surface area (Å²) in [5.74, 6) is 0.596. The fourth-order valence-electron chi connectivity index (χ4n) is 6.13. The second kappa shape index (κ2) is 9.71. The van der Waals surface area contributed by atoms with E-state index < -0.39 is 0 Å². The maximum Gasteiger partial charge on any atom is 0.227 e. The molecule has 9 rings (SSSR count). The van der Waals surface area contributed by atoms with Crippen LogP contribution in [0.5, 0.6) is 0 Å². The number of pyridine rings is 1. The van der Waals surface area contributed by atoms with E-state index in [1.165, 1.54) is 5.39 Å². The first-order valence-corrected chi connectivity index (χ1v) is 14.6. The summed E-state index contributed by atoms with van der Waals surface area (Å²) in [5.41, 5.74) is 9.93. The van der Waals surface area contributed by atoms with Crippen LogP contribution in [0.2, 0.25) is 0 Å². The molecule has 0 saturated heterocycles. The third-order valence-electron chi connectivity index (χ3n) is 8.24. The first-order valence-electron chi connectivity index (χ1n) is 14.6. The zero-order valence-corrected chi connectivity index (χ0v) is 23.6. The lowest BCUT2D eigenvalue weighted by atomic mass is 10.1. The van der Waals surface area contributed by atoms with E-state index in [4.69, 9.17) is 9.40 Å². The fraction of sp³-hybridized carbons (Fsp3) is 0. The molecule has 5 heterocycles. The first kappa shape index (κ1) is 24.5. The highest BCUT2D eigenvalue weighted by Crippen LogP contribution is 2.37. The molecule has 0 aliphatic heterocycles. The molecule has 44 heavy (non-hydrogen) atoms. The van der Waals surface area contributed by atoms with Crippen LogP contribution < -0.4 is 0 Å². The number of benzene rings is 4. The molecule has 0 amide bonds. The Bertz CT molecular complexity index is 2430. The van der Waals surface area contributed by atoms with Crippen LogP contribution in [0.4, 0.5) is 0 Å². The molecule has 0 aliphatic rings. The number of fused-ring (bicyclic) bond motifs is 4. The van der Waals surface area contributed by atoms with Gasteiger partial charge in [-0.25, -0.2) is 4.98 Å². The lowest BCUT2D eigenvalue weighted by Gasteiger charge is -2.11. The molecule has 5 aromatic heterocycles. The molecule has 0 bridgehead atoms. The SMILES string of the molecule is c1ccc(-c2cccc(-n3c4ccc(-n5cccc5)cc4c4ccc(-c5nc6ccc(-n7cccc7)cc6o5)cc43)c2)nc1. The van der Waals surface area contributed by atoms with Gasteiger partial charge in [0.15, 0.2) is 5.58 Å². The van der Waals surface area contributed by atoms with Crippen molar-refractivity contribution in [1.29, 1.82) is 0 Å². The van der Waals surface area contributed by atoms with Crippen LogP contribution in [0.25, 0.3) is 72.7 Å². The lowest BCUT2D eigenvalue weighted by Crippen LogP contribution is -1.95. The van der Waals surface area contributed by atoms with E-state index >= 15 is 0 Å². The quantitative estimate of drug-likeness (QED) is 0.208. The maximum atomic E-state index is 6.36. The minimum atomic E-state index is 0.596. The summed E-state index contributed by atoms with van der Waals surface area (Å²) < 4.78 is 12.9. The highest BCUT2D eigenvalue weighted by molar-refractivity contribution is 6.10. The van der Waals surface area contributed by atoms with Crippen LogP contribution in [0.1, 0.15) is 0 Å². The second-order valence-corrected chi connectivity index (χ2v) is 10.9. The van der Waals surface area contributed by atoms with Gasteiger partial charge in [0, 0.05) is 76.0 Å². The van der Waals surface area contributed by atoms with Gasteiger partial charge in [-0.1, -0.05) is 24.3 Å². The Balaban J connectivity index is 1.25. The number of aromatic nitrogens is 5. The van der Waals surface area contributed by atoms with Gasteiger partial charge in [0.05, 0.1) is 16.7 Å². The molecule has 9 aromatic rings. The summed E-state index contributed by atoms with van der Waals surface area (Å²) in [6.45, 7) is 0. The molecular weight excluding hydrogens is 542 g/mol. The smallest absolute Gasteiger partial charge is 0.227 e. The molecule has 0 N–H and O–H groups in total. The standard InChI is InChI=1S/C38H25N5O/c1-2-17-39-33(10-1)26-8-7-9-30(22-26)43-35-16-13-28(41-18-3-4-19-41)24-32(35)31-14-11-27(23-36(31)43)38-40-34-15-12-29(25-37(34)44-38)42-20-5-6-21-42/h1-25H. The van der Waals surface area contributed by atoms with E-state index in [2.05, 4.69) is 97.8 Å². The summed E-state index contributed by atoms with van der Waals surface area (Å²) in [4.78, 5) is 9.47. The number of nitrogens with zero attached hydrogens (tertiary/aromatic N) is 5. The molecule has 0 saturated carbocycles. The van der Waals surface area contributed by atoms with E-state index in [0.29, 0.717) is 5.89 Å². The molecule has 4 aromatic carbocycles. The van der Waals surface area contributed by atoms with Crippen molar-refractivity contribution in [2.24, 2.45) is 0 Å². The Morgan fingerprint density at radius 1 is 0.523 bits per heavy atom. The fourth-order valence-corrected chi connectivity index (χ4v) is 6.13. The highest BCUT2D eigenvalue weighted by atomic mass is 16.3. The molecule has 6 nitrogen and oxygen atoms in total. The van der Waals surface area contributed by atoms with Crippen LogP contribution in [0.15, 0.2) is 157 Å². The second-order valence-electron chi connectivity index (χ2n) is 10.9. The Labute approximate surface area is 252 Å². The molecule has 0 atom stereocenters. The summed E-state index contributed by atoms with van der Waals surface area (Å²) in [7, 11) is 0. The van der Waals surface area contributed by atoms with Gasteiger partial charge in [-0.2, -0.15) is 0 Å². The van der Waals surface area contributed by atoms with Crippen molar-refractivity contribution in [3.63, 3.8) is 0 Å². The van der Waals surface area contributed by atoms with Crippen LogP contribution >= 0.6 is 0 Å². The largest absolute Gasteiger partial charge is 0.436 e. The topological polar surface area (TPSA) is 53.7 Å². The van der Waals surface area contributed by atoms with Crippen LogP contribution in [0, 0.1) is 0 Å². The van der Waals surface area contributed by atoms with E-state index in [-0.39, 0.29) is 0 Å². The van der Waals surface area contributed by atoms with Gasteiger partial charge in [0.1, 0.15) is 5.52 Å². The molecule has 0 unspecified atom stereocenters. The van der Waals surface area contributed by atoms with Gasteiger partial charge < -0.3 is 18.1 Å². The number of hydrogen-bond acceptors (Lipinski definition) is 3. The van der Waals surface area contributed by atoms with E-state index in [1.54, 1.807) is 0 Å². The summed E-state index contributed by atoms with van der Waals surface area (Å²) in [5, 5.41) is 2.34. The van der Waals surface area contributed by atoms with E-state index in [0.717, 1.165) is 61.4 Å². The summed E-state index contributed by atoms with van der Waals surface area (Å²) >= 11 is 0. The molecule has 6 heteroatoms. The average Bonchev–Trinajstić information content (AvgIpc) is 3.90. The zero-order valence-electron chi connectivity index (χ0n) is 23.6. The van der Waals surface area contributed by atoms with Crippen molar-refractivity contribution >= 4 is 32.9 Å². The monoisotopic (exact) mass is 567 g/mol. The molecule has 208 valence electrons. The van der Waals surface area contributed by atoms with Gasteiger partial charge in [-0.15, -0.1) is 0 Å². The van der Waals surface area contributed by atoms with Gasteiger partial charge >= 0.3 is 0 Å². The van der Waals surface area contributed by atoms with Gasteiger partial charge in [0.2, 0.25) is 5.89 Å². The van der Waals surface area contributed by atoms with Crippen molar-refractivity contribution in [2.75, 3.05) is 0 Å². The summed E-state index contributed by atoms with van der Waals surface area (Å²) in [6.07, 6.45) is 10.0. The minimum Gasteiger partial charge on any atom is -0.436 e. The Kier molecular flexibility index (Phi) is 5.40. The third-order valence-corrected chi connectivity index (χ3v) is 8.24. The zero-order chi connectivity index (χ0) is 29.0. The minimum absolute atomic E-state index is 0.596. The van der Waals surface area contributed by atoms with Crippen molar-refractivity contribution in [2.45, 2.75) is 0 Å². The maximum absolute atomic E-state index is 6.36. The van der Waals surface area contributed by atoms with Crippen LogP contribution in [-0.2, 0) is 0 Å².